The third-order valence-electron chi connectivity index (χ3n) is 3.01. The largest absolute Gasteiger partial charge is 0.465 e. The Labute approximate surface area is 124 Å². The van der Waals surface area contributed by atoms with E-state index in [1.54, 1.807) is 12.1 Å². The van der Waals surface area contributed by atoms with Crippen LogP contribution in [0.1, 0.15) is 34.4 Å². The Morgan fingerprint density at radius 2 is 1.50 bits per heavy atom. The van der Waals surface area contributed by atoms with Crippen molar-refractivity contribution in [2.75, 3.05) is 0 Å². The highest BCUT2D eigenvalue weighted by Gasteiger charge is 2.30. The Morgan fingerprint density at radius 3 is 2.00 bits per heavy atom. The lowest BCUT2D eigenvalue weighted by Gasteiger charge is -2.06. The number of rotatable bonds is 5. The molecule has 116 valence electrons. The molecule has 0 amide bonds. The Hall–Kier alpha value is -2.37. The van der Waals surface area contributed by atoms with E-state index in [-0.39, 0.29) is 30.0 Å². The minimum atomic E-state index is -4.43. The first kappa shape index (κ1) is 16.0. The van der Waals surface area contributed by atoms with Crippen LogP contribution in [0.5, 0.6) is 0 Å². The lowest BCUT2D eigenvalue weighted by molar-refractivity contribution is -0.137. The molecule has 1 heterocycles. The topological polar surface area (TPSA) is 47.3 Å². The number of halogens is 3. The fraction of sp³-hybridized carbons (Fsp3) is 0.250. The molecule has 0 aliphatic heterocycles. The van der Waals surface area contributed by atoms with Crippen LogP contribution in [-0.2, 0) is 23.8 Å². The predicted molar refractivity (Wildman–Crippen MR) is 72.6 cm³/mol. The summed E-state index contributed by atoms with van der Waals surface area (Å²) in [7, 11) is 0. The molecule has 0 unspecified atom stereocenters. The van der Waals surface area contributed by atoms with Gasteiger partial charge >= 0.3 is 6.18 Å². The second kappa shape index (κ2) is 6.17. The summed E-state index contributed by atoms with van der Waals surface area (Å²) in [6.07, 6.45) is -4.35. The van der Waals surface area contributed by atoms with Gasteiger partial charge in [0.1, 0.15) is 17.3 Å². The fourth-order valence-corrected chi connectivity index (χ4v) is 1.96. The maximum Gasteiger partial charge on any atom is 0.416 e. The molecule has 0 bridgehead atoms. The van der Waals surface area contributed by atoms with Gasteiger partial charge in [-0.05, 0) is 31.2 Å². The van der Waals surface area contributed by atoms with Crippen molar-refractivity contribution >= 4 is 11.6 Å². The standard InChI is InChI=1S/C16H13F3O3/c1-10(20)8-13-6-7-14(22-13)9-15(21)11-2-4-12(5-3-11)16(17,18)19/h2-7H,8-9H2,1H3. The number of hydrogen-bond acceptors (Lipinski definition) is 3. The third kappa shape index (κ3) is 4.07. The zero-order valence-corrected chi connectivity index (χ0v) is 11.7. The van der Waals surface area contributed by atoms with E-state index in [9.17, 15) is 22.8 Å². The number of alkyl halides is 3. The van der Waals surface area contributed by atoms with E-state index in [0.717, 1.165) is 24.3 Å². The molecule has 0 spiro atoms. The normalized spacial score (nSPS) is 11.5. The molecule has 2 rings (SSSR count). The third-order valence-corrected chi connectivity index (χ3v) is 3.01. The van der Waals surface area contributed by atoms with E-state index >= 15 is 0 Å². The molecule has 22 heavy (non-hydrogen) atoms. The van der Waals surface area contributed by atoms with E-state index in [4.69, 9.17) is 4.42 Å². The van der Waals surface area contributed by atoms with Crippen molar-refractivity contribution in [3.05, 3.63) is 59.0 Å². The number of ketones is 2. The first-order valence-electron chi connectivity index (χ1n) is 6.53. The summed E-state index contributed by atoms with van der Waals surface area (Å²) in [6, 6.07) is 7.22. The van der Waals surface area contributed by atoms with Crippen molar-refractivity contribution in [2.24, 2.45) is 0 Å². The summed E-state index contributed by atoms with van der Waals surface area (Å²) in [5, 5.41) is 0. The van der Waals surface area contributed by atoms with Crippen LogP contribution in [0.4, 0.5) is 13.2 Å². The molecular weight excluding hydrogens is 297 g/mol. The maximum absolute atomic E-state index is 12.4. The summed E-state index contributed by atoms with van der Waals surface area (Å²) in [5.74, 6) is 0.427. The van der Waals surface area contributed by atoms with Gasteiger partial charge in [0.2, 0.25) is 0 Å². The highest BCUT2D eigenvalue weighted by Crippen LogP contribution is 2.29. The van der Waals surface area contributed by atoms with Crippen molar-refractivity contribution in [3.63, 3.8) is 0 Å². The van der Waals surface area contributed by atoms with Crippen LogP contribution in [0.2, 0.25) is 0 Å². The average molecular weight is 310 g/mol. The number of benzene rings is 1. The molecule has 0 radical (unpaired) electrons. The molecule has 0 saturated carbocycles. The van der Waals surface area contributed by atoms with Gasteiger partial charge in [0.05, 0.1) is 18.4 Å². The molecule has 0 saturated heterocycles. The van der Waals surface area contributed by atoms with Gasteiger partial charge in [-0.15, -0.1) is 0 Å². The summed E-state index contributed by atoms with van der Waals surface area (Å²) < 4.78 is 42.7. The molecule has 1 aromatic heterocycles. The van der Waals surface area contributed by atoms with E-state index < -0.39 is 11.7 Å². The highest BCUT2D eigenvalue weighted by molar-refractivity contribution is 5.97. The number of hydrogen-bond donors (Lipinski definition) is 0. The van der Waals surface area contributed by atoms with Gasteiger partial charge in [-0.25, -0.2) is 0 Å². The van der Waals surface area contributed by atoms with Gasteiger partial charge in [0.25, 0.3) is 0 Å². The SMILES string of the molecule is CC(=O)Cc1ccc(CC(=O)c2ccc(C(F)(F)F)cc2)o1. The first-order chi connectivity index (χ1) is 10.3. The Kier molecular flexibility index (Phi) is 4.49. The molecule has 0 atom stereocenters. The van der Waals surface area contributed by atoms with Gasteiger partial charge in [0, 0.05) is 5.56 Å². The first-order valence-corrected chi connectivity index (χ1v) is 6.53. The summed E-state index contributed by atoms with van der Waals surface area (Å²) in [4.78, 5) is 23.0. The van der Waals surface area contributed by atoms with Crippen LogP contribution >= 0.6 is 0 Å². The second-order valence-electron chi connectivity index (χ2n) is 4.92. The van der Waals surface area contributed by atoms with E-state index in [0.29, 0.717) is 11.5 Å². The number of carbonyl (C=O) groups is 2. The summed E-state index contributed by atoms with van der Waals surface area (Å²) >= 11 is 0. The smallest absolute Gasteiger partial charge is 0.416 e. The van der Waals surface area contributed by atoms with Gasteiger partial charge < -0.3 is 4.42 Å². The van der Waals surface area contributed by atoms with Crippen LogP contribution in [0.3, 0.4) is 0 Å². The molecule has 0 fully saturated rings. The number of Topliss-reactive ketones (excluding diaryl/α,β-unsaturated/α-hetero) is 2. The molecular formula is C16H13F3O3. The lowest BCUT2D eigenvalue weighted by Crippen LogP contribution is -2.07. The van der Waals surface area contributed by atoms with Crippen LogP contribution in [0.25, 0.3) is 0 Å². The number of furan rings is 1. The molecule has 0 aliphatic carbocycles. The fourth-order valence-electron chi connectivity index (χ4n) is 1.96. The monoisotopic (exact) mass is 310 g/mol. The van der Waals surface area contributed by atoms with E-state index in [1.807, 2.05) is 0 Å². The van der Waals surface area contributed by atoms with E-state index in [2.05, 4.69) is 0 Å². The van der Waals surface area contributed by atoms with Crippen molar-refractivity contribution in [1.29, 1.82) is 0 Å². The van der Waals surface area contributed by atoms with Crippen LogP contribution < -0.4 is 0 Å². The van der Waals surface area contributed by atoms with Crippen molar-refractivity contribution in [2.45, 2.75) is 25.9 Å². The molecule has 0 aliphatic rings. The van der Waals surface area contributed by atoms with Crippen LogP contribution in [-0.4, -0.2) is 11.6 Å². The van der Waals surface area contributed by atoms with Crippen LogP contribution in [0.15, 0.2) is 40.8 Å². The minimum Gasteiger partial charge on any atom is -0.465 e. The number of carbonyl (C=O) groups excluding carboxylic acids is 2. The summed E-state index contributed by atoms with van der Waals surface area (Å²) in [6.45, 7) is 1.43. The molecule has 6 heteroatoms. The van der Waals surface area contributed by atoms with Gasteiger partial charge in [-0.1, -0.05) is 12.1 Å². The van der Waals surface area contributed by atoms with Gasteiger partial charge in [-0.3, -0.25) is 9.59 Å². The summed E-state index contributed by atoms with van der Waals surface area (Å²) in [5.41, 5.74) is -0.622. The van der Waals surface area contributed by atoms with Gasteiger partial charge in [-0.2, -0.15) is 13.2 Å². The van der Waals surface area contributed by atoms with E-state index in [1.165, 1.54) is 6.92 Å². The van der Waals surface area contributed by atoms with Crippen molar-refractivity contribution in [1.82, 2.24) is 0 Å². The minimum absolute atomic E-state index is 0.0602. The predicted octanol–water partition coefficient (Wildman–Crippen LogP) is 3.86. The molecule has 1 aromatic carbocycles. The zero-order chi connectivity index (χ0) is 16.3. The lowest BCUT2D eigenvalue weighted by atomic mass is 10.0. The molecule has 0 N–H and O–H groups in total. The Bertz CT molecular complexity index is 681. The average Bonchev–Trinajstić information content (AvgIpc) is 2.84. The molecule has 3 nitrogen and oxygen atoms in total. The van der Waals surface area contributed by atoms with Crippen molar-refractivity contribution < 1.29 is 27.2 Å². The zero-order valence-electron chi connectivity index (χ0n) is 11.7. The molecule has 2 aromatic rings. The van der Waals surface area contributed by atoms with Gasteiger partial charge in [0.15, 0.2) is 5.78 Å². The maximum atomic E-state index is 12.4. The second-order valence-corrected chi connectivity index (χ2v) is 4.92. The van der Waals surface area contributed by atoms with Crippen molar-refractivity contribution in [3.8, 4) is 0 Å². The Balaban J connectivity index is 2.06. The Morgan fingerprint density at radius 1 is 0.955 bits per heavy atom. The van der Waals surface area contributed by atoms with Crippen LogP contribution in [0, 0.1) is 0 Å². The quantitative estimate of drug-likeness (QED) is 0.788. The highest BCUT2D eigenvalue weighted by atomic mass is 19.4.